The quantitative estimate of drug-likeness (QED) is 0.913. The van der Waals surface area contributed by atoms with Crippen molar-refractivity contribution in [3.05, 3.63) is 63.6 Å². The summed E-state index contributed by atoms with van der Waals surface area (Å²) in [6.45, 7) is 4.61. The van der Waals surface area contributed by atoms with E-state index in [-0.39, 0.29) is 0 Å². The highest BCUT2D eigenvalue weighted by Gasteiger charge is 2.14. The Labute approximate surface area is 122 Å². The number of benzene rings is 2. The first-order valence-electron chi connectivity index (χ1n) is 6.28. The molecule has 0 fully saturated rings. The zero-order valence-corrected chi connectivity index (χ0v) is 12.6. The van der Waals surface area contributed by atoms with Gasteiger partial charge in [-0.25, -0.2) is 0 Å². The maximum Gasteiger partial charge on any atom is 0.120 e. The molecule has 0 radical (unpaired) electrons. The summed E-state index contributed by atoms with van der Waals surface area (Å²) in [5.74, 6) is 0.800. The van der Waals surface area contributed by atoms with Gasteiger partial charge in [-0.3, -0.25) is 0 Å². The molecule has 0 aliphatic rings. The predicted octanol–water partition coefficient (Wildman–Crippen LogP) is 4.24. The number of rotatable bonds is 4. The Morgan fingerprint density at radius 1 is 1.16 bits per heavy atom. The van der Waals surface area contributed by atoms with E-state index in [2.05, 4.69) is 15.9 Å². The fourth-order valence-electron chi connectivity index (χ4n) is 1.91. The van der Waals surface area contributed by atoms with Crippen molar-refractivity contribution in [2.24, 2.45) is 0 Å². The fourth-order valence-corrected chi connectivity index (χ4v) is 2.49. The molecule has 0 saturated carbocycles. The van der Waals surface area contributed by atoms with Crippen LogP contribution in [0.5, 0.6) is 5.75 Å². The van der Waals surface area contributed by atoms with Crippen LogP contribution in [0, 0.1) is 6.92 Å². The number of hydrogen-bond donors (Lipinski definition) is 1. The average Bonchev–Trinajstić information content (AvgIpc) is 2.39. The van der Waals surface area contributed by atoms with Crippen molar-refractivity contribution in [1.29, 1.82) is 0 Å². The maximum atomic E-state index is 10.4. The third-order valence-corrected chi connectivity index (χ3v) is 3.66. The summed E-state index contributed by atoms with van der Waals surface area (Å²) in [5, 5.41) is 10.4. The molecule has 0 heterocycles. The van der Waals surface area contributed by atoms with E-state index in [0.717, 1.165) is 21.3 Å². The Hall–Kier alpha value is -1.32. The molecule has 0 saturated heterocycles. The highest BCUT2D eigenvalue weighted by atomic mass is 79.9. The minimum absolute atomic E-state index is 0.631. The summed E-state index contributed by atoms with van der Waals surface area (Å²) in [5.41, 5.74) is 2.91. The third kappa shape index (κ3) is 3.37. The van der Waals surface area contributed by atoms with Crippen LogP contribution in [0.2, 0.25) is 0 Å². The van der Waals surface area contributed by atoms with Crippen LogP contribution in [0.25, 0.3) is 0 Å². The maximum absolute atomic E-state index is 10.4. The molecule has 0 aliphatic carbocycles. The summed E-state index contributed by atoms with van der Waals surface area (Å²) >= 11 is 3.49. The molecule has 2 nitrogen and oxygen atoms in total. The Bertz CT molecular complexity index is 549. The second-order valence-electron chi connectivity index (χ2n) is 4.43. The number of halogens is 1. The van der Waals surface area contributed by atoms with Gasteiger partial charge in [-0.1, -0.05) is 51.8 Å². The molecule has 0 spiro atoms. The second kappa shape index (κ2) is 6.22. The lowest BCUT2D eigenvalue weighted by Gasteiger charge is -2.14. The van der Waals surface area contributed by atoms with Gasteiger partial charge in [-0.05, 0) is 37.1 Å². The van der Waals surface area contributed by atoms with Crippen molar-refractivity contribution in [2.75, 3.05) is 6.61 Å². The van der Waals surface area contributed by atoms with Crippen molar-refractivity contribution in [3.63, 3.8) is 0 Å². The van der Waals surface area contributed by atoms with Gasteiger partial charge < -0.3 is 9.84 Å². The van der Waals surface area contributed by atoms with Gasteiger partial charge in [-0.15, -0.1) is 0 Å². The van der Waals surface area contributed by atoms with Crippen LogP contribution >= 0.6 is 15.9 Å². The molecule has 2 rings (SSSR count). The van der Waals surface area contributed by atoms with Crippen LogP contribution in [0.1, 0.15) is 29.7 Å². The minimum atomic E-state index is -0.634. The van der Waals surface area contributed by atoms with E-state index in [1.807, 2.05) is 56.3 Å². The largest absolute Gasteiger partial charge is 0.494 e. The molecular formula is C16H17BrO2. The molecule has 3 heteroatoms. The van der Waals surface area contributed by atoms with E-state index in [9.17, 15) is 5.11 Å². The molecule has 1 atom stereocenters. The summed E-state index contributed by atoms with van der Waals surface area (Å²) < 4.78 is 6.28. The average molecular weight is 321 g/mol. The summed E-state index contributed by atoms with van der Waals surface area (Å²) in [6.07, 6.45) is -0.634. The van der Waals surface area contributed by atoms with Gasteiger partial charge in [0.05, 0.1) is 6.61 Å². The number of aryl methyl sites for hydroxylation is 1. The van der Waals surface area contributed by atoms with Gasteiger partial charge in [0.1, 0.15) is 11.9 Å². The van der Waals surface area contributed by atoms with Crippen LogP contribution in [0.4, 0.5) is 0 Å². The molecule has 0 amide bonds. The molecule has 100 valence electrons. The summed E-state index contributed by atoms with van der Waals surface area (Å²) in [4.78, 5) is 0. The molecule has 0 aliphatic heterocycles. The number of aliphatic hydroxyl groups is 1. The van der Waals surface area contributed by atoms with Crippen molar-refractivity contribution in [2.45, 2.75) is 20.0 Å². The molecule has 1 unspecified atom stereocenters. The second-order valence-corrected chi connectivity index (χ2v) is 5.28. The van der Waals surface area contributed by atoms with Crippen LogP contribution in [0.3, 0.4) is 0 Å². The Kier molecular flexibility index (Phi) is 4.61. The third-order valence-electron chi connectivity index (χ3n) is 2.97. The minimum Gasteiger partial charge on any atom is -0.494 e. The van der Waals surface area contributed by atoms with Gasteiger partial charge in [0.2, 0.25) is 0 Å². The van der Waals surface area contributed by atoms with Crippen molar-refractivity contribution < 1.29 is 9.84 Å². The highest BCUT2D eigenvalue weighted by Crippen LogP contribution is 2.31. The first kappa shape index (κ1) is 14.1. The van der Waals surface area contributed by atoms with Crippen LogP contribution in [-0.4, -0.2) is 11.7 Å². The SMILES string of the molecule is CCOc1ccc(C(O)c2ccc(C)cc2)c(Br)c1. The van der Waals surface area contributed by atoms with E-state index in [4.69, 9.17) is 4.74 Å². The molecular weight excluding hydrogens is 304 g/mol. The number of ether oxygens (including phenoxy) is 1. The lowest BCUT2D eigenvalue weighted by Crippen LogP contribution is -2.01. The normalized spacial score (nSPS) is 12.2. The molecule has 2 aromatic rings. The number of aliphatic hydroxyl groups excluding tert-OH is 1. The topological polar surface area (TPSA) is 29.5 Å². The van der Waals surface area contributed by atoms with Gasteiger partial charge in [0.25, 0.3) is 0 Å². The first-order valence-corrected chi connectivity index (χ1v) is 7.08. The lowest BCUT2D eigenvalue weighted by molar-refractivity contribution is 0.219. The van der Waals surface area contributed by atoms with E-state index in [1.165, 1.54) is 5.56 Å². The van der Waals surface area contributed by atoms with Gasteiger partial charge in [-0.2, -0.15) is 0 Å². The van der Waals surface area contributed by atoms with Crippen LogP contribution < -0.4 is 4.74 Å². The van der Waals surface area contributed by atoms with Gasteiger partial charge in [0, 0.05) is 4.47 Å². The summed E-state index contributed by atoms with van der Waals surface area (Å²) in [7, 11) is 0. The molecule has 0 bridgehead atoms. The van der Waals surface area contributed by atoms with Gasteiger partial charge in [0.15, 0.2) is 0 Å². The molecule has 0 aromatic heterocycles. The molecule has 19 heavy (non-hydrogen) atoms. The van der Waals surface area contributed by atoms with E-state index < -0.39 is 6.10 Å². The zero-order valence-electron chi connectivity index (χ0n) is 11.1. The van der Waals surface area contributed by atoms with Crippen LogP contribution in [-0.2, 0) is 0 Å². The van der Waals surface area contributed by atoms with Crippen molar-refractivity contribution in [1.82, 2.24) is 0 Å². The lowest BCUT2D eigenvalue weighted by atomic mass is 10.0. The smallest absolute Gasteiger partial charge is 0.120 e. The molecule has 2 aromatic carbocycles. The van der Waals surface area contributed by atoms with E-state index in [0.29, 0.717) is 6.61 Å². The Balaban J connectivity index is 2.28. The fraction of sp³-hybridized carbons (Fsp3) is 0.250. The Morgan fingerprint density at radius 2 is 1.84 bits per heavy atom. The van der Waals surface area contributed by atoms with E-state index >= 15 is 0 Å². The Morgan fingerprint density at radius 3 is 2.42 bits per heavy atom. The summed E-state index contributed by atoms with van der Waals surface area (Å²) in [6, 6.07) is 13.5. The first-order chi connectivity index (χ1) is 9.11. The number of hydrogen-bond acceptors (Lipinski definition) is 2. The van der Waals surface area contributed by atoms with Crippen LogP contribution in [0.15, 0.2) is 46.9 Å². The highest BCUT2D eigenvalue weighted by molar-refractivity contribution is 9.10. The monoisotopic (exact) mass is 320 g/mol. The van der Waals surface area contributed by atoms with Crippen molar-refractivity contribution >= 4 is 15.9 Å². The van der Waals surface area contributed by atoms with Crippen molar-refractivity contribution in [3.8, 4) is 5.75 Å². The molecule has 1 N–H and O–H groups in total. The zero-order chi connectivity index (χ0) is 13.8. The standard InChI is InChI=1S/C16H17BrO2/c1-3-19-13-8-9-14(15(17)10-13)16(18)12-6-4-11(2)5-7-12/h4-10,16,18H,3H2,1-2H3. The predicted molar refractivity (Wildman–Crippen MR) is 80.6 cm³/mol. The van der Waals surface area contributed by atoms with E-state index in [1.54, 1.807) is 0 Å². The van der Waals surface area contributed by atoms with Gasteiger partial charge >= 0.3 is 0 Å².